The van der Waals surface area contributed by atoms with E-state index < -0.39 is 29.8 Å². The maximum absolute atomic E-state index is 11.6. The van der Waals surface area contributed by atoms with Gasteiger partial charge in [0.1, 0.15) is 12.2 Å². The molecule has 0 amide bonds. The second-order valence-electron chi connectivity index (χ2n) is 8.11. The zero-order chi connectivity index (χ0) is 23.8. The Bertz CT molecular complexity index is 565. The quantitative estimate of drug-likeness (QED) is 0.234. The Balaban J connectivity index is 0.000000368. The summed E-state index contributed by atoms with van der Waals surface area (Å²) in [5, 5.41) is 0. The highest BCUT2D eigenvalue weighted by molar-refractivity contribution is 5.94. The van der Waals surface area contributed by atoms with Gasteiger partial charge in [-0.15, -0.1) is 0 Å². The summed E-state index contributed by atoms with van der Waals surface area (Å²) in [6.07, 6.45) is 14.3. The fourth-order valence-corrected chi connectivity index (χ4v) is 3.81. The van der Waals surface area contributed by atoms with Crippen molar-refractivity contribution in [3.63, 3.8) is 0 Å². The van der Waals surface area contributed by atoms with E-state index in [4.69, 9.17) is 9.47 Å². The first kappa shape index (κ1) is 27.7. The second kappa shape index (κ2) is 16.3. The molecule has 2 rings (SSSR count). The van der Waals surface area contributed by atoms with Crippen LogP contribution in [0.1, 0.15) is 84.0 Å². The Hall–Kier alpha value is -2.38. The number of carbonyl (C=O) groups is 4. The third kappa shape index (κ3) is 11.3. The average Bonchev–Trinajstić information content (AvgIpc) is 2.82. The standard InChI is InChI=1S/C16H24O4.C8H14O4/c17-15(19-13-7-3-1-4-8-13)11-12-16(18)20-14-9-5-2-6-10-14;1-4-5-6(7(9)11-2)8(10)12-3/h11-14H,1-10H2;6H,4-5H2,1-3H3/b12-11-;. The minimum Gasteiger partial charge on any atom is -0.468 e. The van der Waals surface area contributed by atoms with Crippen LogP contribution in [-0.4, -0.2) is 50.3 Å². The van der Waals surface area contributed by atoms with Gasteiger partial charge in [-0.25, -0.2) is 9.59 Å². The van der Waals surface area contributed by atoms with E-state index in [1.807, 2.05) is 6.92 Å². The van der Waals surface area contributed by atoms with E-state index >= 15 is 0 Å². The Kier molecular flexibility index (Phi) is 14.1. The third-order valence-electron chi connectivity index (χ3n) is 5.57. The van der Waals surface area contributed by atoms with Crippen LogP contribution in [0.25, 0.3) is 0 Å². The zero-order valence-corrected chi connectivity index (χ0v) is 19.6. The van der Waals surface area contributed by atoms with Gasteiger partial charge in [-0.2, -0.15) is 0 Å². The lowest BCUT2D eigenvalue weighted by Crippen LogP contribution is -2.26. The van der Waals surface area contributed by atoms with Crippen molar-refractivity contribution in [1.29, 1.82) is 0 Å². The molecule has 8 nitrogen and oxygen atoms in total. The van der Waals surface area contributed by atoms with Gasteiger partial charge >= 0.3 is 23.9 Å². The van der Waals surface area contributed by atoms with E-state index in [2.05, 4.69) is 9.47 Å². The first-order valence-corrected chi connectivity index (χ1v) is 11.7. The van der Waals surface area contributed by atoms with Crippen LogP contribution in [0.5, 0.6) is 0 Å². The lowest BCUT2D eigenvalue weighted by atomic mass is 9.98. The van der Waals surface area contributed by atoms with Crippen molar-refractivity contribution in [2.75, 3.05) is 14.2 Å². The molecule has 2 fully saturated rings. The van der Waals surface area contributed by atoms with Gasteiger partial charge in [-0.05, 0) is 57.8 Å². The molecular formula is C24H38O8. The van der Waals surface area contributed by atoms with Gasteiger partial charge in [-0.1, -0.05) is 26.2 Å². The van der Waals surface area contributed by atoms with Gasteiger partial charge in [0.25, 0.3) is 0 Å². The molecule has 2 aliphatic rings. The largest absolute Gasteiger partial charge is 0.468 e. The monoisotopic (exact) mass is 454 g/mol. The Morgan fingerprint density at radius 3 is 1.41 bits per heavy atom. The molecule has 0 aromatic carbocycles. The van der Waals surface area contributed by atoms with E-state index in [1.165, 1.54) is 39.2 Å². The number of ether oxygens (including phenoxy) is 4. The van der Waals surface area contributed by atoms with Crippen molar-refractivity contribution < 1.29 is 38.1 Å². The number of methoxy groups -OCH3 is 2. The molecule has 0 saturated heterocycles. The van der Waals surface area contributed by atoms with Gasteiger partial charge in [0.05, 0.1) is 14.2 Å². The Labute approximate surface area is 191 Å². The van der Waals surface area contributed by atoms with Crippen LogP contribution in [0.3, 0.4) is 0 Å². The van der Waals surface area contributed by atoms with Crippen LogP contribution in [0.2, 0.25) is 0 Å². The van der Waals surface area contributed by atoms with Gasteiger partial charge in [0, 0.05) is 12.2 Å². The van der Waals surface area contributed by atoms with Gasteiger partial charge in [-0.3, -0.25) is 9.59 Å². The minimum absolute atomic E-state index is 0.0234. The lowest BCUT2D eigenvalue weighted by molar-refractivity contribution is -0.159. The third-order valence-corrected chi connectivity index (χ3v) is 5.57. The normalized spacial score (nSPS) is 17.2. The molecule has 0 N–H and O–H groups in total. The van der Waals surface area contributed by atoms with Crippen LogP contribution in [0.15, 0.2) is 12.2 Å². The smallest absolute Gasteiger partial charge is 0.331 e. The molecule has 0 aromatic rings. The molecule has 0 heterocycles. The van der Waals surface area contributed by atoms with Crippen molar-refractivity contribution in [3.8, 4) is 0 Å². The second-order valence-corrected chi connectivity index (χ2v) is 8.11. The molecule has 32 heavy (non-hydrogen) atoms. The van der Waals surface area contributed by atoms with Crippen LogP contribution in [-0.2, 0) is 38.1 Å². The molecule has 182 valence electrons. The molecular weight excluding hydrogens is 416 g/mol. The first-order valence-electron chi connectivity index (χ1n) is 11.7. The zero-order valence-electron chi connectivity index (χ0n) is 19.6. The fraction of sp³-hybridized carbons (Fsp3) is 0.750. The van der Waals surface area contributed by atoms with E-state index in [9.17, 15) is 19.2 Å². The maximum Gasteiger partial charge on any atom is 0.331 e. The van der Waals surface area contributed by atoms with Crippen molar-refractivity contribution in [2.45, 2.75) is 96.2 Å². The summed E-state index contributed by atoms with van der Waals surface area (Å²) in [6.45, 7) is 1.89. The van der Waals surface area contributed by atoms with Crippen molar-refractivity contribution >= 4 is 23.9 Å². The highest BCUT2D eigenvalue weighted by atomic mass is 16.6. The topological polar surface area (TPSA) is 105 Å². The molecule has 0 unspecified atom stereocenters. The van der Waals surface area contributed by atoms with Gasteiger partial charge in [0.15, 0.2) is 5.92 Å². The first-order chi connectivity index (χ1) is 15.4. The van der Waals surface area contributed by atoms with Crippen LogP contribution < -0.4 is 0 Å². The summed E-state index contributed by atoms with van der Waals surface area (Å²) in [6, 6.07) is 0. The molecule has 0 aromatic heterocycles. The van der Waals surface area contributed by atoms with Crippen LogP contribution >= 0.6 is 0 Å². The van der Waals surface area contributed by atoms with E-state index in [0.717, 1.165) is 57.8 Å². The molecule has 8 heteroatoms. The summed E-state index contributed by atoms with van der Waals surface area (Å²) >= 11 is 0. The van der Waals surface area contributed by atoms with E-state index in [1.54, 1.807) is 0 Å². The molecule has 2 saturated carbocycles. The summed E-state index contributed by atoms with van der Waals surface area (Å²) in [4.78, 5) is 45.1. The minimum atomic E-state index is -0.759. The summed E-state index contributed by atoms with van der Waals surface area (Å²) in [5.41, 5.74) is 0. The SMILES string of the molecule is CCCC(C(=O)OC)C(=O)OC.O=C(/C=C\C(=O)OC1CCCCC1)OC1CCCCC1. The van der Waals surface area contributed by atoms with Crippen molar-refractivity contribution in [1.82, 2.24) is 0 Å². The van der Waals surface area contributed by atoms with E-state index in [-0.39, 0.29) is 12.2 Å². The van der Waals surface area contributed by atoms with E-state index in [0.29, 0.717) is 6.42 Å². The predicted octanol–water partition coefficient (Wildman–Crippen LogP) is 4.04. The number of hydrogen-bond donors (Lipinski definition) is 0. The van der Waals surface area contributed by atoms with Crippen molar-refractivity contribution in [2.24, 2.45) is 5.92 Å². The molecule has 0 bridgehead atoms. The Morgan fingerprint density at radius 2 is 1.09 bits per heavy atom. The number of esters is 4. The van der Waals surface area contributed by atoms with Gasteiger partial charge in [0.2, 0.25) is 0 Å². The number of hydrogen-bond acceptors (Lipinski definition) is 8. The molecule has 0 spiro atoms. The lowest BCUT2D eigenvalue weighted by Gasteiger charge is -2.21. The number of rotatable bonds is 8. The fourth-order valence-electron chi connectivity index (χ4n) is 3.81. The van der Waals surface area contributed by atoms with Crippen LogP contribution in [0.4, 0.5) is 0 Å². The summed E-state index contributed by atoms with van der Waals surface area (Å²) in [7, 11) is 2.52. The summed E-state index contributed by atoms with van der Waals surface area (Å²) in [5.74, 6) is -2.67. The molecule has 0 radical (unpaired) electrons. The predicted molar refractivity (Wildman–Crippen MR) is 118 cm³/mol. The maximum atomic E-state index is 11.6. The molecule has 0 atom stereocenters. The molecule has 0 aliphatic heterocycles. The van der Waals surface area contributed by atoms with Gasteiger partial charge < -0.3 is 18.9 Å². The average molecular weight is 455 g/mol. The molecule has 2 aliphatic carbocycles. The van der Waals surface area contributed by atoms with Crippen molar-refractivity contribution in [3.05, 3.63) is 12.2 Å². The van der Waals surface area contributed by atoms with Crippen LogP contribution in [0, 0.1) is 5.92 Å². The summed E-state index contributed by atoms with van der Waals surface area (Å²) < 4.78 is 19.5. The highest BCUT2D eigenvalue weighted by Gasteiger charge is 2.27. The number of carbonyl (C=O) groups excluding carboxylic acids is 4. The highest BCUT2D eigenvalue weighted by Crippen LogP contribution is 2.21. The Morgan fingerprint density at radius 1 is 0.719 bits per heavy atom.